The van der Waals surface area contributed by atoms with E-state index in [2.05, 4.69) is 20.3 Å². The van der Waals surface area contributed by atoms with E-state index >= 15 is 0 Å². The van der Waals surface area contributed by atoms with Gasteiger partial charge >= 0.3 is 12.1 Å². The predicted molar refractivity (Wildman–Crippen MR) is 101 cm³/mol. The van der Waals surface area contributed by atoms with Crippen LogP contribution in [0.25, 0.3) is 17.2 Å². The van der Waals surface area contributed by atoms with E-state index in [0.29, 0.717) is 16.8 Å². The van der Waals surface area contributed by atoms with Crippen molar-refractivity contribution >= 4 is 23.7 Å². The molecule has 10 heteroatoms. The summed E-state index contributed by atoms with van der Waals surface area (Å²) in [6, 6.07) is 9.04. The molecule has 2 heterocycles. The average molecular weight is 418 g/mol. The number of aliphatic carboxylic acids is 1. The summed E-state index contributed by atoms with van der Waals surface area (Å²) in [6.45, 7) is 1.80. The lowest BCUT2D eigenvalue weighted by molar-refractivity contribution is -0.141. The molecule has 0 spiro atoms. The highest BCUT2D eigenvalue weighted by Gasteiger charge is 2.32. The van der Waals surface area contributed by atoms with Gasteiger partial charge in [-0.25, -0.2) is 14.8 Å². The third-order valence-electron chi connectivity index (χ3n) is 3.88. The zero-order valence-corrected chi connectivity index (χ0v) is 15.4. The van der Waals surface area contributed by atoms with Gasteiger partial charge in [0.2, 0.25) is 11.8 Å². The molecule has 154 valence electrons. The van der Waals surface area contributed by atoms with E-state index in [1.54, 1.807) is 25.1 Å². The van der Waals surface area contributed by atoms with Crippen LogP contribution in [0.3, 0.4) is 0 Å². The maximum absolute atomic E-state index is 13.2. The van der Waals surface area contributed by atoms with Gasteiger partial charge in [0.05, 0.1) is 5.69 Å². The van der Waals surface area contributed by atoms with Crippen molar-refractivity contribution in [1.29, 1.82) is 0 Å². The molecule has 0 atom stereocenters. The standard InChI is InChI=1S/C20H14F4N4O2/c1-11-6-13(12-2-3-14(26-10-12)9-16(21)18(29)30)8-15(7-11)27-19-25-5-4-17(28-19)20(22,23)24/h2-10H,1H3,(H,29,30)(H,25,27,28). The first-order chi connectivity index (χ1) is 14.1. The average Bonchev–Trinajstić information content (AvgIpc) is 2.67. The summed E-state index contributed by atoms with van der Waals surface area (Å²) in [7, 11) is 0. The number of benzene rings is 1. The zero-order chi connectivity index (χ0) is 21.9. The molecule has 2 aromatic heterocycles. The molecule has 0 aliphatic rings. The lowest BCUT2D eigenvalue weighted by Crippen LogP contribution is -2.10. The van der Waals surface area contributed by atoms with Crippen molar-refractivity contribution in [2.75, 3.05) is 5.32 Å². The van der Waals surface area contributed by atoms with Crippen molar-refractivity contribution in [3.05, 3.63) is 71.6 Å². The van der Waals surface area contributed by atoms with Crippen LogP contribution in [0.5, 0.6) is 0 Å². The summed E-state index contributed by atoms with van der Waals surface area (Å²) < 4.78 is 51.7. The minimum Gasteiger partial charge on any atom is -0.476 e. The summed E-state index contributed by atoms with van der Waals surface area (Å²) in [4.78, 5) is 21.8. The Labute approximate surface area is 168 Å². The number of nitrogens with one attached hydrogen (secondary N) is 1. The molecule has 0 saturated heterocycles. The fourth-order valence-corrected chi connectivity index (χ4v) is 2.58. The molecular formula is C20H14F4N4O2. The molecule has 0 aliphatic carbocycles. The molecule has 0 fully saturated rings. The van der Waals surface area contributed by atoms with Crippen LogP contribution in [0.4, 0.5) is 29.2 Å². The second kappa shape index (κ2) is 8.27. The Balaban J connectivity index is 1.87. The molecule has 1 aromatic carbocycles. The van der Waals surface area contributed by atoms with Gasteiger partial charge < -0.3 is 10.4 Å². The lowest BCUT2D eigenvalue weighted by atomic mass is 10.0. The molecule has 0 aliphatic heterocycles. The van der Waals surface area contributed by atoms with E-state index in [0.717, 1.165) is 23.9 Å². The fraction of sp³-hybridized carbons (Fsp3) is 0.100. The number of aromatic nitrogens is 3. The molecular weight excluding hydrogens is 404 g/mol. The van der Waals surface area contributed by atoms with Crippen molar-refractivity contribution in [3.63, 3.8) is 0 Å². The van der Waals surface area contributed by atoms with Crippen LogP contribution < -0.4 is 5.32 Å². The summed E-state index contributed by atoms with van der Waals surface area (Å²) in [5, 5.41) is 11.3. The normalized spacial score (nSPS) is 12.0. The van der Waals surface area contributed by atoms with E-state index < -0.39 is 23.7 Å². The number of pyridine rings is 1. The smallest absolute Gasteiger partial charge is 0.433 e. The van der Waals surface area contributed by atoms with Crippen LogP contribution in [0.1, 0.15) is 17.0 Å². The molecule has 0 unspecified atom stereocenters. The number of nitrogens with zero attached hydrogens (tertiary/aromatic N) is 3. The Bertz CT molecular complexity index is 1110. The Kier molecular flexibility index (Phi) is 5.77. The number of halogens is 4. The number of hydrogen-bond donors (Lipinski definition) is 2. The van der Waals surface area contributed by atoms with Gasteiger partial charge in [-0.3, -0.25) is 4.98 Å². The predicted octanol–water partition coefficient (Wildman–Crippen LogP) is 5.00. The summed E-state index contributed by atoms with van der Waals surface area (Å²) in [5.74, 6) is -3.23. The van der Waals surface area contributed by atoms with Crippen LogP contribution in [0.15, 0.2) is 54.6 Å². The molecule has 0 amide bonds. The lowest BCUT2D eigenvalue weighted by Gasteiger charge is -2.11. The minimum atomic E-state index is -4.58. The SMILES string of the molecule is Cc1cc(Nc2nccc(C(F)(F)F)n2)cc(-c2ccc(C=C(F)C(=O)O)nc2)c1. The maximum Gasteiger partial charge on any atom is 0.433 e. The first-order valence-corrected chi connectivity index (χ1v) is 8.48. The van der Waals surface area contributed by atoms with Crippen LogP contribution >= 0.6 is 0 Å². The topological polar surface area (TPSA) is 88.0 Å². The van der Waals surface area contributed by atoms with Gasteiger partial charge in [0, 0.05) is 29.7 Å². The summed E-state index contributed by atoms with van der Waals surface area (Å²) in [5.41, 5.74) is 1.66. The van der Waals surface area contributed by atoms with Crippen LogP contribution in [-0.2, 0) is 11.0 Å². The molecule has 0 radical (unpaired) electrons. The van der Waals surface area contributed by atoms with E-state index in [4.69, 9.17) is 5.11 Å². The minimum absolute atomic E-state index is 0.127. The van der Waals surface area contributed by atoms with Crippen molar-refractivity contribution in [1.82, 2.24) is 15.0 Å². The van der Waals surface area contributed by atoms with Crippen molar-refractivity contribution < 1.29 is 27.5 Å². The molecule has 30 heavy (non-hydrogen) atoms. The first kappa shape index (κ1) is 20.9. The highest BCUT2D eigenvalue weighted by atomic mass is 19.4. The van der Waals surface area contributed by atoms with Crippen LogP contribution in [0.2, 0.25) is 0 Å². The Morgan fingerprint density at radius 1 is 1.10 bits per heavy atom. The highest BCUT2D eigenvalue weighted by molar-refractivity contribution is 5.89. The maximum atomic E-state index is 13.2. The van der Waals surface area contributed by atoms with E-state index in [9.17, 15) is 22.4 Å². The molecule has 6 nitrogen and oxygen atoms in total. The van der Waals surface area contributed by atoms with E-state index in [-0.39, 0.29) is 11.6 Å². The summed E-state index contributed by atoms with van der Waals surface area (Å²) in [6.07, 6.45) is -1.35. The molecule has 3 rings (SSSR count). The first-order valence-electron chi connectivity index (χ1n) is 8.48. The van der Waals surface area contributed by atoms with Gasteiger partial charge in [-0.15, -0.1) is 0 Å². The molecule has 0 saturated carbocycles. The number of anilines is 2. The van der Waals surface area contributed by atoms with Crippen LogP contribution in [0, 0.1) is 6.92 Å². The van der Waals surface area contributed by atoms with Crippen molar-refractivity contribution in [2.24, 2.45) is 0 Å². The van der Waals surface area contributed by atoms with Gasteiger partial charge in [0.25, 0.3) is 0 Å². The van der Waals surface area contributed by atoms with E-state index in [1.807, 2.05) is 6.07 Å². The number of carboxylic acid groups (broad SMARTS) is 1. The Hall–Kier alpha value is -3.82. The monoisotopic (exact) mass is 418 g/mol. The van der Waals surface area contributed by atoms with Gasteiger partial charge in [-0.1, -0.05) is 12.1 Å². The second-order valence-electron chi connectivity index (χ2n) is 6.25. The van der Waals surface area contributed by atoms with Gasteiger partial charge in [0.15, 0.2) is 0 Å². The molecule has 0 bridgehead atoms. The third kappa shape index (κ3) is 5.16. The second-order valence-corrected chi connectivity index (χ2v) is 6.25. The quantitative estimate of drug-likeness (QED) is 0.448. The van der Waals surface area contributed by atoms with Crippen molar-refractivity contribution in [3.8, 4) is 11.1 Å². The number of hydrogen-bond acceptors (Lipinski definition) is 5. The van der Waals surface area contributed by atoms with Gasteiger partial charge in [-0.2, -0.15) is 17.6 Å². The van der Waals surface area contributed by atoms with Crippen LogP contribution in [-0.4, -0.2) is 26.0 Å². The fourth-order valence-electron chi connectivity index (χ4n) is 2.58. The molecule has 2 N–H and O–H groups in total. The Morgan fingerprint density at radius 3 is 2.50 bits per heavy atom. The van der Waals surface area contributed by atoms with Gasteiger partial charge in [-0.05, 0) is 42.3 Å². The third-order valence-corrected chi connectivity index (χ3v) is 3.88. The largest absolute Gasteiger partial charge is 0.476 e. The van der Waals surface area contributed by atoms with Gasteiger partial charge in [0.1, 0.15) is 5.69 Å². The van der Waals surface area contributed by atoms with Crippen molar-refractivity contribution in [2.45, 2.75) is 13.1 Å². The zero-order valence-electron chi connectivity index (χ0n) is 15.4. The Morgan fingerprint density at radius 2 is 1.87 bits per heavy atom. The van der Waals surface area contributed by atoms with E-state index in [1.165, 1.54) is 12.3 Å². The number of carbonyl (C=O) groups is 1. The number of aryl methyl sites for hydroxylation is 1. The highest BCUT2D eigenvalue weighted by Crippen LogP contribution is 2.29. The number of alkyl halides is 3. The number of carboxylic acids is 1. The molecule has 3 aromatic rings. The summed E-state index contributed by atoms with van der Waals surface area (Å²) >= 11 is 0. The number of rotatable bonds is 5.